The van der Waals surface area contributed by atoms with E-state index in [1.807, 2.05) is 158 Å². The lowest BCUT2D eigenvalue weighted by Gasteiger charge is -2.27. The fourth-order valence-corrected chi connectivity index (χ4v) is 29.5. The number of carbonyl (C=O) groups excluding carboxylic acids is 9. The molecular weight excluding hydrogens is 1990 g/mol. The van der Waals surface area contributed by atoms with Crippen LogP contribution in [0.4, 0.5) is 19.2 Å². The normalized spacial score (nSPS) is 18.4. The van der Waals surface area contributed by atoms with Crippen LogP contribution in [-0.4, -0.2) is 180 Å². The van der Waals surface area contributed by atoms with E-state index in [0.717, 1.165) is 203 Å². The molecule has 5 aliphatic carbocycles. The number of carbonyl (C=O) groups is 12. The second kappa shape index (κ2) is 44.1. The highest BCUT2D eigenvalue weighted by Crippen LogP contribution is 2.53. The second-order valence-corrected chi connectivity index (χ2v) is 51.6. The number of benzene rings is 2. The van der Waals surface area contributed by atoms with Crippen molar-refractivity contribution in [3.8, 4) is 11.1 Å². The van der Waals surface area contributed by atoms with E-state index in [9.17, 15) is 72.9 Å². The van der Waals surface area contributed by atoms with Crippen molar-refractivity contribution < 1.29 is 91.8 Å². The van der Waals surface area contributed by atoms with Crippen molar-refractivity contribution in [3.05, 3.63) is 231 Å². The number of fused-ring (bicyclic) bond motifs is 3. The first-order valence-electron chi connectivity index (χ1n) is 50.0. The van der Waals surface area contributed by atoms with Crippen molar-refractivity contribution in [2.75, 3.05) is 32.8 Å². The van der Waals surface area contributed by atoms with Crippen LogP contribution in [0.1, 0.15) is 369 Å². The number of amides is 4. The second-order valence-electron chi connectivity index (χ2n) is 41.6. The summed E-state index contributed by atoms with van der Waals surface area (Å²) in [7, 11) is 0. The number of Topliss-reactive ketones (excluding diaryl/α,β-unsaturated/α-hetero) is 4. The van der Waals surface area contributed by atoms with Crippen LogP contribution in [0.15, 0.2) is 97.1 Å². The maximum Gasteiger partial charge on any atom is 0.410 e. The molecule has 23 nitrogen and oxygen atoms in total. The molecule has 31 heteroatoms. The van der Waals surface area contributed by atoms with Crippen molar-refractivity contribution in [1.82, 2.24) is 19.6 Å². The molecule has 0 radical (unpaired) electrons. The molecule has 0 saturated carbocycles. The summed E-state index contributed by atoms with van der Waals surface area (Å²) in [6.45, 7) is 35.0. The zero-order chi connectivity index (χ0) is 104. The molecule has 4 saturated heterocycles. The quantitative estimate of drug-likeness (QED) is 0.0322. The van der Waals surface area contributed by atoms with Gasteiger partial charge in [-0.15, -0.1) is 90.7 Å². The fourth-order valence-electron chi connectivity index (χ4n) is 21.8. The van der Waals surface area contributed by atoms with E-state index in [1.54, 1.807) is 37.8 Å². The Hall–Kier alpha value is -11.2. The van der Waals surface area contributed by atoms with Crippen LogP contribution in [0.3, 0.4) is 0 Å². The van der Waals surface area contributed by atoms with Gasteiger partial charge >= 0.3 is 42.3 Å². The average molecular weight is 2110 g/mol. The number of hydrogen-bond donors (Lipinski definition) is 3. The Morgan fingerprint density at radius 2 is 0.524 bits per heavy atom. The first-order chi connectivity index (χ1) is 68.8. The van der Waals surface area contributed by atoms with Gasteiger partial charge in [-0.05, 0) is 406 Å². The van der Waals surface area contributed by atoms with Gasteiger partial charge in [0.2, 0.25) is 0 Å². The topological polar surface area (TPSA) is 315 Å². The number of allylic oxidation sites excluding steroid dienone is 8. The molecule has 4 atom stereocenters. The van der Waals surface area contributed by atoms with Crippen molar-refractivity contribution in [1.29, 1.82) is 0 Å². The summed E-state index contributed by atoms with van der Waals surface area (Å²) >= 11 is 11.4. The van der Waals surface area contributed by atoms with Gasteiger partial charge in [0.05, 0.1) is 48.6 Å². The molecule has 764 valence electrons. The summed E-state index contributed by atoms with van der Waals surface area (Å²) in [4.78, 5) is 171. The van der Waals surface area contributed by atoms with E-state index in [2.05, 4.69) is 38.1 Å². The lowest BCUT2D eigenvalue weighted by atomic mass is 9.97. The molecule has 9 aliphatic rings. The van der Waals surface area contributed by atoms with Gasteiger partial charge in [0.1, 0.15) is 38.0 Å². The number of hydrogen-bond acceptors (Lipinski definition) is 24. The van der Waals surface area contributed by atoms with Crippen LogP contribution in [0.25, 0.3) is 55.7 Å². The largest absolute Gasteiger partial charge is 0.477 e. The molecule has 0 bridgehead atoms. The monoisotopic (exact) mass is 2110 g/mol. The summed E-state index contributed by atoms with van der Waals surface area (Å²) < 4.78 is 22.5. The van der Waals surface area contributed by atoms with E-state index in [-0.39, 0.29) is 35.7 Å². The minimum atomic E-state index is -0.901. The molecule has 4 fully saturated rings. The van der Waals surface area contributed by atoms with E-state index in [0.29, 0.717) is 86.0 Å². The van der Waals surface area contributed by atoms with Crippen molar-refractivity contribution in [2.24, 2.45) is 0 Å². The van der Waals surface area contributed by atoms with Crippen molar-refractivity contribution in [2.45, 2.75) is 293 Å². The SMILES string of the molecule is Cc1sc(C(=O)O)cc1C1=C(c2cc(C(=O)[C@@H]3CCCN3C(=O)OC(C)(C)C)sc2C)CCC1.Cc1sc(C(=O)O)cc1C1=C(c2cc(C(=O)[C@@H]3CCCN3C(=O)OC(C)(C)C)sc2C)CCC1.Cc1sc(C(=O)O)cc1C1=C(c2cc(C(=O)[C@@H]3CCCN3C(=O)OCC3c4ccccc4-c4ccccc43)sc2C)CCC1.Cc1sc(C=O)cc1C1=C(c2cc(C(=O)[C@@H]3CCCN3C(=O)OC(C)(C)C)sc2C)CCC1. The lowest BCUT2D eigenvalue weighted by molar-refractivity contribution is 0.0216. The summed E-state index contributed by atoms with van der Waals surface area (Å²) in [6, 6.07) is 29.9. The smallest absolute Gasteiger partial charge is 0.410 e. The molecule has 145 heavy (non-hydrogen) atoms. The Morgan fingerprint density at radius 3 is 0.752 bits per heavy atom. The maximum atomic E-state index is 13.9. The third kappa shape index (κ3) is 23.2. The summed E-state index contributed by atoms with van der Waals surface area (Å²) in [6.07, 6.45) is 16.4. The highest BCUT2D eigenvalue weighted by molar-refractivity contribution is 7.16. The Balaban J connectivity index is 0.000000140. The lowest BCUT2D eigenvalue weighted by Crippen LogP contribution is -2.43. The van der Waals surface area contributed by atoms with E-state index in [4.69, 9.17) is 18.9 Å². The number of likely N-dealkylation sites (tertiary alicyclic amines) is 4. The summed E-state index contributed by atoms with van der Waals surface area (Å²) in [5, 5.41) is 28.3. The molecular formula is C114H126N4O19S8. The molecule has 8 aromatic heterocycles. The first kappa shape index (κ1) is 107. The predicted molar refractivity (Wildman–Crippen MR) is 581 cm³/mol. The van der Waals surface area contributed by atoms with Crippen molar-refractivity contribution >= 4 is 207 Å². The number of carboxylic acid groups (broad SMARTS) is 3. The molecule has 0 spiro atoms. The number of aromatic carboxylic acids is 3. The van der Waals surface area contributed by atoms with Gasteiger partial charge in [-0.2, -0.15) is 0 Å². The minimum absolute atomic E-state index is 0.00723. The van der Waals surface area contributed by atoms with E-state index in [1.165, 1.54) is 152 Å². The standard InChI is InChI=1S/C36H33NO5S2.2C26H31NO5S2.C26H31NO4S2/c1-20-28(24-13-7-14-25(24)29-18-33(35(39)40)44-21(29)2)17-32(43-20)34(38)31-15-8-16-37(31)36(41)42-19-30-26-11-5-3-9-22(26)23-10-4-6-12-27(23)30;2*1-14-18(16-8-6-9-17(16)19-13-22(24(29)30)34-15(19)2)12-21(33-14)23(28)20-10-7-11-27(20)25(31)32-26(3,4)5;1-15-20(12-17(14-28)32-15)18-8-6-9-19(18)21-13-23(33-16(21)2)24(29)22-10-7-11-27(22)25(30)31-26(3,4)5/h3-6,9-12,17-18,30-31H,7-8,13-16,19H2,1-2H3,(H,39,40);2*12-13,20H,6-11H2,1-5H3,(H,29,30);12-14,22H,6-11H2,1-5H3/t31-;2*20-;22-/m0000/s1. The maximum absolute atomic E-state index is 13.9. The predicted octanol–water partition coefficient (Wildman–Crippen LogP) is 29.3. The molecule has 12 heterocycles. The van der Waals surface area contributed by atoms with Gasteiger partial charge in [0.15, 0.2) is 29.4 Å². The van der Waals surface area contributed by atoms with Gasteiger partial charge in [0.25, 0.3) is 0 Å². The Bertz CT molecular complexity index is 6720. The Morgan fingerprint density at radius 1 is 0.303 bits per heavy atom. The molecule has 2 aromatic carbocycles. The van der Waals surface area contributed by atoms with Crippen LogP contribution >= 0.6 is 90.7 Å². The van der Waals surface area contributed by atoms with Crippen LogP contribution in [-0.2, 0) is 18.9 Å². The third-order valence-corrected chi connectivity index (χ3v) is 36.6. The molecule has 19 rings (SSSR count). The zero-order valence-electron chi connectivity index (χ0n) is 85.3. The minimum Gasteiger partial charge on any atom is -0.477 e. The Labute approximate surface area is 879 Å². The van der Waals surface area contributed by atoms with Gasteiger partial charge in [-0.25, -0.2) is 33.6 Å². The molecule has 4 aliphatic heterocycles. The number of rotatable bonds is 22. The molecule has 0 unspecified atom stereocenters. The van der Waals surface area contributed by atoms with E-state index >= 15 is 0 Å². The Kier molecular flexibility index (Phi) is 32.4. The highest BCUT2D eigenvalue weighted by atomic mass is 32.1. The molecule has 10 aromatic rings. The molecule has 4 amide bonds. The average Bonchev–Trinajstić information content (AvgIpc) is 1.66. The van der Waals surface area contributed by atoms with Crippen molar-refractivity contribution in [3.63, 3.8) is 0 Å². The van der Waals surface area contributed by atoms with Gasteiger partial charge in [-0.1, -0.05) is 48.5 Å². The zero-order valence-corrected chi connectivity index (χ0v) is 91.8. The number of carboxylic acids is 3. The van der Waals surface area contributed by atoms with E-state index < -0.39 is 83.3 Å². The van der Waals surface area contributed by atoms with Gasteiger partial charge in [-0.3, -0.25) is 43.6 Å². The number of ether oxygens (including phenoxy) is 4. The van der Waals surface area contributed by atoms with Crippen LogP contribution < -0.4 is 0 Å². The summed E-state index contributed by atoms with van der Waals surface area (Å²) in [5.74, 6) is -2.80. The number of thiophene rings is 8. The first-order valence-corrected chi connectivity index (χ1v) is 56.5. The van der Waals surface area contributed by atoms with Crippen LogP contribution in [0.2, 0.25) is 0 Å². The van der Waals surface area contributed by atoms with Crippen LogP contribution in [0, 0.1) is 55.4 Å². The highest BCUT2D eigenvalue weighted by Gasteiger charge is 2.45. The summed E-state index contributed by atoms with van der Waals surface area (Å²) in [5.41, 5.74) is 21.2. The fraction of sp³-hybridized carbons (Fsp3) is 0.439. The number of nitrogens with zero attached hydrogens (tertiary/aromatic N) is 4. The van der Waals surface area contributed by atoms with Gasteiger partial charge < -0.3 is 34.3 Å². The third-order valence-electron chi connectivity index (χ3n) is 28.2. The van der Waals surface area contributed by atoms with Crippen LogP contribution in [0.5, 0.6) is 0 Å². The molecule has 3 N–H and O–H groups in total. The number of aryl methyl sites for hydroxylation is 8. The number of aldehydes is 1. The number of ketones is 4. The van der Waals surface area contributed by atoms with Gasteiger partial charge in [0, 0.05) is 71.1 Å².